The standard InChI is InChI=1S/C16H21F3N2/c1-11(2)21-12(6-5-9-20-3)10-13-14(16(17,18)19)7-4-8-15(13)21/h4,7-8,10-11,20H,5-6,9H2,1-3H3. The summed E-state index contributed by atoms with van der Waals surface area (Å²) in [6.07, 6.45) is -2.64. The van der Waals surface area contributed by atoms with Crippen LogP contribution in [0.2, 0.25) is 0 Å². The molecule has 0 amide bonds. The third-order valence-electron chi connectivity index (χ3n) is 3.64. The summed E-state index contributed by atoms with van der Waals surface area (Å²) in [5.41, 5.74) is 1.08. The minimum absolute atomic E-state index is 0.135. The molecule has 1 N–H and O–H groups in total. The highest BCUT2D eigenvalue weighted by Crippen LogP contribution is 2.37. The van der Waals surface area contributed by atoms with Gasteiger partial charge in [0.2, 0.25) is 0 Å². The highest BCUT2D eigenvalue weighted by Gasteiger charge is 2.33. The van der Waals surface area contributed by atoms with Gasteiger partial charge in [0, 0.05) is 22.6 Å². The number of aryl methyl sites for hydroxylation is 1. The molecule has 0 spiro atoms. The third-order valence-corrected chi connectivity index (χ3v) is 3.64. The van der Waals surface area contributed by atoms with E-state index in [9.17, 15) is 13.2 Å². The van der Waals surface area contributed by atoms with Gasteiger partial charge in [0.1, 0.15) is 0 Å². The minimum Gasteiger partial charge on any atom is -0.342 e. The van der Waals surface area contributed by atoms with E-state index in [1.165, 1.54) is 6.07 Å². The first-order valence-corrected chi connectivity index (χ1v) is 7.21. The van der Waals surface area contributed by atoms with Crippen LogP contribution in [0.15, 0.2) is 24.3 Å². The molecule has 2 aromatic rings. The highest BCUT2D eigenvalue weighted by molar-refractivity contribution is 5.85. The number of aromatic nitrogens is 1. The van der Waals surface area contributed by atoms with Crippen LogP contribution >= 0.6 is 0 Å². The molecule has 5 heteroatoms. The van der Waals surface area contributed by atoms with Gasteiger partial charge in [-0.1, -0.05) is 6.07 Å². The van der Waals surface area contributed by atoms with Crippen molar-refractivity contribution in [2.75, 3.05) is 13.6 Å². The fourth-order valence-electron chi connectivity index (χ4n) is 2.80. The van der Waals surface area contributed by atoms with E-state index in [-0.39, 0.29) is 6.04 Å². The first-order valence-electron chi connectivity index (χ1n) is 7.21. The summed E-state index contributed by atoms with van der Waals surface area (Å²) in [5.74, 6) is 0. The first-order chi connectivity index (χ1) is 9.86. The zero-order chi connectivity index (χ0) is 15.6. The normalized spacial score (nSPS) is 12.5. The van der Waals surface area contributed by atoms with Crippen molar-refractivity contribution in [2.24, 2.45) is 0 Å². The van der Waals surface area contributed by atoms with Crippen LogP contribution in [-0.2, 0) is 12.6 Å². The molecule has 21 heavy (non-hydrogen) atoms. The Morgan fingerprint density at radius 1 is 1.24 bits per heavy atom. The van der Waals surface area contributed by atoms with Gasteiger partial charge in [0.15, 0.2) is 0 Å². The Kier molecular flexibility index (Phi) is 4.61. The topological polar surface area (TPSA) is 17.0 Å². The zero-order valence-corrected chi connectivity index (χ0v) is 12.6. The maximum Gasteiger partial charge on any atom is 0.417 e. The summed E-state index contributed by atoms with van der Waals surface area (Å²) in [7, 11) is 1.87. The Morgan fingerprint density at radius 2 is 1.95 bits per heavy atom. The average molecular weight is 298 g/mol. The van der Waals surface area contributed by atoms with Crippen LogP contribution in [0.25, 0.3) is 10.9 Å². The second-order valence-corrected chi connectivity index (χ2v) is 5.54. The Balaban J connectivity index is 2.56. The van der Waals surface area contributed by atoms with E-state index >= 15 is 0 Å². The molecule has 0 saturated carbocycles. The van der Waals surface area contributed by atoms with Crippen molar-refractivity contribution in [1.29, 1.82) is 0 Å². The SMILES string of the molecule is CNCCCc1cc2c(C(F)(F)F)cccc2n1C(C)C. The number of hydrogen-bond donors (Lipinski definition) is 1. The number of nitrogens with one attached hydrogen (secondary N) is 1. The van der Waals surface area contributed by atoms with Crippen LogP contribution in [0.3, 0.4) is 0 Å². The number of halogens is 3. The van der Waals surface area contributed by atoms with Crippen LogP contribution in [0.1, 0.15) is 37.6 Å². The van der Waals surface area contributed by atoms with Gasteiger partial charge < -0.3 is 9.88 Å². The fourth-order valence-corrected chi connectivity index (χ4v) is 2.80. The maximum absolute atomic E-state index is 13.1. The Morgan fingerprint density at radius 3 is 2.52 bits per heavy atom. The zero-order valence-electron chi connectivity index (χ0n) is 12.6. The summed E-state index contributed by atoms with van der Waals surface area (Å²) < 4.78 is 41.5. The molecular weight excluding hydrogens is 277 g/mol. The molecule has 116 valence electrons. The van der Waals surface area contributed by atoms with Crippen LogP contribution in [0, 0.1) is 0 Å². The number of benzene rings is 1. The third kappa shape index (κ3) is 3.23. The lowest BCUT2D eigenvalue weighted by Crippen LogP contribution is -2.11. The maximum atomic E-state index is 13.1. The summed E-state index contributed by atoms with van der Waals surface area (Å²) in [5, 5.41) is 3.37. The second kappa shape index (κ2) is 6.10. The van der Waals surface area contributed by atoms with E-state index in [4.69, 9.17) is 0 Å². The lowest BCUT2D eigenvalue weighted by atomic mass is 10.1. The number of fused-ring (bicyclic) bond motifs is 1. The molecule has 0 bridgehead atoms. The molecule has 1 heterocycles. The Hall–Kier alpha value is -1.49. The van der Waals surface area contributed by atoms with Gasteiger partial charge in [-0.15, -0.1) is 0 Å². The molecule has 0 aliphatic heterocycles. The molecule has 1 aromatic carbocycles. The summed E-state index contributed by atoms with van der Waals surface area (Å²) in [6.45, 7) is 4.86. The smallest absolute Gasteiger partial charge is 0.342 e. The summed E-state index contributed by atoms with van der Waals surface area (Å²) >= 11 is 0. The quantitative estimate of drug-likeness (QED) is 0.810. The van der Waals surface area contributed by atoms with Gasteiger partial charge in [-0.2, -0.15) is 13.2 Å². The van der Waals surface area contributed by atoms with Crippen molar-refractivity contribution in [3.05, 3.63) is 35.5 Å². The summed E-state index contributed by atoms with van der Waals surface area (Å²) in [6, 6.07) is 6.25. The molecule has 0 unspecified atom stereocenters. The van der Waals surface area contributed by atoms with Crippen LogP contribution in [-0.4, -0.2) is 18.2 Å². The number of hydrogen-bond acceptors (Lipinski definition) is 1. The van der Waals surface area contributed by atoms with Crippen molar-refractivity contribution in [3.8, 4) is 0 Å². The highest BCUT2D eigenvalue weighted by atomic mass is 19.4. The largest absolute Gasteiger partial charge is 0.417 e. The van der Waals surface area contributed by atoms with E-state index in [2.05, 4.69) is 5.32 Å². The van der Waals surface area contributed by atoms with Gasteiger partial charge in [0.05, 0.1) is 5.56 Å². The number of nitrogens with zero attached hydrogens (tertiary/aromatic N) is 1. The van der Waals surface area contributed by atoms with E-state index < -0.39 is 11.7 Å². The van der Waals surface area contributed by atoms with Gasteiger partial charge in [-0.3, -0.25) is 0 Å². The van der Waals surface area contributed by atoms with Gasteiger partial charge in [-0.05, 0) is 58.5 Å². The first kappa shape index (κ1) is 15.9. The lowest BCUT2D eigenvalue weighted by molar-refractivity contribution is -0.136. The minimum atomic E-state index is -4.31. The molecule has 0 fully saturated rings. The van der Waals surface area contributed by atoms with Crippen molar-refractivity contribution in [2.45, 2.75) is 38.9 Å². The van der Waals surface area contributed by atoms with Gasteiger partial charge in [0.25, 0.3) is 0 Å². The van der Waals surface area contributed by atoms with Gasteiger partial charge in [-0.25, -0.2) is 0 Å². The molecular formula is C16H21F3N2. The molecule has 0 saturated heterocycles. The van der Waals surface area contributed by atoms with Crippen molar-refractivity contribution < 1.29 is 13.2 Å². The van der Waals surface area contributed by atoms with Crippen LogP contribution < -0.4 is 5.32 Å². The fraction of sp³-hybridized carbons (Fsp3) is 0.500. The van der Waals surface area contributed by atoms with Crippen molar-refractivity contribution >= 4 is 10.9 Å². The molecule has 0 radical (unpaired) electrons. The van der Waals surface area contributed by atoms with E-state index in [1.807, 2.05) is 25.5 Å². The molecule has 2 rings (SSSR count). The second-order valence-electron chi connectivity index (χ2n) is 5.54. The van der Waals surface area contributed by atoms with Crippen LogP contribution in [0.4, 0.5) is 13.2 Å². The molecule has 0 aliphatic rings. The van der Waals surface area contributed by atoms with E-state index in [0.29, 0.717) is 10.9 Å². The van der Waals surface area contributed by atoms with Crippen LogP contribution in [0.5, 0.6) is 0 Å². The van der Waals surface area contributed by atoms with Crippen molar-refractivity contribution in [3.63, 3.8) is 0 Å². The van der Waals surface area contributed by atoms with Gasteiger partial charge >= 0.3 is 6.18 Å². The molecule has 0 aliphatic carbocycles. The predicted octanol–water partition coefficient (Wildman–Crippen LogP) is 4.39. The Labute approximate surface area is 122 Å². The number of rotatable bonds is 5. The Bertz CT molecular complexity index is 612. The number of alkyl halides is 3. The molecule has 2 nitrogen and oxygen atoms in total. The predicted molar refractivity (Wildman–Crippen MR) is 79.6 cm³/mol. The van der Waals surface area contributed by atoms with E-state index in [1.54, 1.807) is 12.1 Å². The molecule has 0 atom stereocenters. The van der Waals surface area contributed by atoms with Crippen molar-refractivity contribution in [1.82, 2.24) is 9.88 Å². The molecule has 1 aromatic heterocycles. The summed E-state index contributed by atoms with van der Waals surface area (Å²) in [4.78, 5) is 0. The van der Waals surface area contributed by atoms with E-state index in [0.717, 1.165) is 31.1 Å². The lowest BCUT2D eigenvalue weighted by Gasteiger charge is -2.15. The monoisotopic (exact) mass is 298 g/mol. The average Bonchev–Trinajstić information content (AvgIpc) is 2.75.